The Balaban J connectivity index is 2.16. The number of likely N-dealkylation sites (N-methyl/N-ethyl adjacent to an activating group) is 1. The van der Waals surface area contributed by atoms with Crippen LogP contribution in [0.2, 0.25) is 0 Å². The Bertz CT molecular complexity index is 405. The maximum atomic E-state index is 11.9. The molecular formula is C13H19N3O. The third kappa shape index (κ3) is 2.84. The number of carbonyl (C=O) groups excluding carboxylic acids is 1. The largest absolute Gasteiger partial charge is 0.316 e. The first-order valence-corrected chi connectivity index (χ1v) is 5.93. The smallest absolute Gasteiger partial charge is 0.241 e. The number of nitrogens with one attached hydrogen (secondary N) is 1. The van der Waals surface area contributed by atoms with E-state index >= 15 is 0 Å². The van der Waals surface area contributed by atoms with Gasteiger partial charge in [-0.25, -0.2) is 0 Å². The molecule has 1 aliphatic rings. The molecule has 1 aromatic carbocycles. The van der Waals surface area contributed by atoms with Crippen LogP contribution in [-0.2, 0) is 11.3 Å². The Morgan fingerprint density at radius 2 is 2.18 bits per heavy atom. The van der Waals surface area contributed by atoms with Crippen LogP contribution < -0.4 is 10.2 Å². The van der Waals surface area contributed by atoms with E-state index in [0.717, 1.165) is 25.3 Å². The molecule has 0 aromatic heterocycles. The molecule has 1 fully saturated rings. The number of nitrogens with zero attached hydrogens (tertiary/aromatic N) is 2. The first-order valence-electron chi connectivity index (χ1n) is 5.93. The lowest BCUT2D eigenvalue weighted by Gasteiger charge is -2.32. The Hall–Kier alpha value is -1.39. The topological polar surface area (TPSA) is 35.6 Å². The lowest BCUT2D eigenvalue weighted by atomic mass is 10.1. The van der Waals surface area contributed by atoms with E-state index in [1.807, 2.05) is 31.1 Å². The van der Waals surface area contributed by atoms with Crippen LogP contribution in [-0.4, -0.2) is 44.5 Å². The van der Waals surface area contributed by atoms with Crippen LogP contribution in [0.4, 0.5) is 5.69 Å². The minimum absolute atomic E-state index is 0.181. The summed E-state index contributed by atoms with van der Waals surface area (Å²) in [4.78, 5) is 15.9. The fourth-order valence-corrected chi connectivity index (χ4v) is 2.10. The molecule has 1 aliphatic heterocycles. The highest BCUT2D eigenvalue weighted by Crippen LogP contribution is 2.18. The number of hydrogen-bond donors (Lipinski definition) is 1. The summed E-state index contributed by atoms with van der Waals surface area (Å²) in [5.41, 5.74) is 2.22. The van der Waals surface area contributed by atoms with Crippen molar-refractivity contribution in [3.05, 3.63) is 29.8 Å². The minimum atomic E-state index is 0.181. The first kappa shape index (κ1) is 12.1. The maximum absolute atomic E-state index is 11.9. The maximum Gasteiger partial charge on any atom is 0.241 e. The van der Waals surface area contributed by atoms with Gasteiger partial charge in [-0.15, -0.1) is 0 Å². The molecule has 0 bridgehead atoms. The second-order valence-electron chi connectivity index (χ2n) is 4.48. The molecule has 4 nitrogen and oxygen atoms in total. The van der Waals surface area contributed by atoms with Gasteiger partial charge in [0.15, 0.2) is 0 Å². The Labute approximate surface area is 102 Å². The summed E-state index contributed by atoms with van der Waals surface area (Å²) in [6.45, 7) is 3.05. The van der Waals surface area contributed by atoms with Gasteiger partial charge in [0, 0.05) is 25.3 Å². The Morgan fingerprint density at radius 1 is 1.35 bits per heavy atom. The predicted octanol–water partition coefficient (Wildman–Crippen LogP) is 0.684. The summed E-state index contributed by atoms with van der Waals surface area (Å²) < 4.78 is 0. The van der Waals surface area contributed by atoms with Gasteiger partial charge in [-0.1, -0.05) is 12.1 Å². The van der Waals surface area contributed by atoms with Crippen LogP contribution in [0.3, 0.4) is 0 Å². The van der Waals surface area contributed by atoms with E-state index in [9.17, 15) is 4.79 Å². The summed E-state index contributed by atoms with van der Waals surface area (Å²) in [7, 11) is 3.90. The normalized spacial score (nSPS) is 17.5. The van der Waals surface area contributed by atoms with Crippen LogP contribution >= 0.6 is 0 Å². The molecule has 1 heterocycles. The van der Waals surface area contributed by atoms with E-state index in [0.29, 0.717) is 6.54 Å². The molecule has 17 heavy (non-hydrogen) atoms. The highest BCUT2D eigenvalue weighted by atomic mass is 16.2. The van der Waals surface area contributed by atoms with Crippen LogP contribution in [0.1, 0.15) is 5.56 Å². The molecule has 0 saturated carbocycles. The zero-order valence-electron chi connectivity index (χ0n) is 10.4. The number of anilines is 1. The molecule has 2 rings (SSSR count). The van der Waals surface area contributed by atoms with Crippen LogP contribution in [0.15, 0.2) is 24.3 Å². The highest BCUT2D eigenvalue weighted by molar-refractivity contribution is 5.95. The van der Waals surface area contributed by atoms with E-state index in [2.05, 4.69) is 22.3 Å². The fraction of sp³-hybridized carbons (Fsp3) is 0.462. The second-order valence-corrected chi connectivity index (χ2v) is 4.48. The van der Waals surface area contributed by atoms with Crippen molar-refractivity contribution in [3.63, 3.8) is 0 Å². The standard InChI is InChI=1S/C13H19N3O/c1-14-9-11-4-3-5-12(8-11)16-7-6-15(2)10-13(16)17/h3-5,8,14H,6-7,9-10H2,1-2H3. The number of benzene rings is 1. The molecular weight excluding hydrogens is 214 g/mol. The number of amides is 1. The predicted molar refractivity (Wildman–Crippen MR) is 69.1 cm³/mol. The summed E-state index contributed by atoms with van der Waals surface area (Å²) in [6.07, 6.45) is 0. The van der Waals surface area contributed by atoms with Crippen molar-refractivity contribution < 1.29 is 4.79 Å². The van der Waals surface area contributed by atoms with Gasteiger partial charge < -0.3 is 10.2 Å². The van der Waals surface area contributed by atoms with Gasteiger partial charge in [-0.3, -0.25) is 9.69 Å². The summed E-state index contributed by atoms with van der Waals surface area (Å²) in [5, 5.41) is 3.12. The monoisotopic (exact) mass is 233 g/mol. The Kier molecular flexibility index (Phi) is 3.76. The molecule has 1 aromatic rings. The van der Waals surface area contributed by atoms with Crippen molar-refractivity contribution in [3.8, 4) is 0 Å². The van der Waals surface area contributed by atoms with Crippen molar-refractivity contribution in [1.82, 2.24) is 10.2 Å². The SMILES string of the molecule is CNCc1cccc(N2CCN(C)CC2=O)c1. The van der Waals surface area contributed by atoms with Crippen LogP contribution in [0.5, 0.6) is 0 Å². The van der Waals surface area contributed by atoms with Crippen molar-refractivity contribution in [2.45, 2.75) is 6.54 Å². The fourth-order valence-electron chi connectivity index (χ4n) is 2.10. The van der Waals surface area contributed by atoms with Gasteiger partial charge in [-0.05, 0) is 31.8 Å². The molecule has 1 saturated heterocycles. The van der Waals surface area contributed by atoms with Gasteiger partial charge in [0.2, 0.25) is 5.91 Å². The van der Waals surface area contributed by atoms with E-state index in [1.165, 1.54) is 5.56 Å². The van der Waals surface area contributed by atoms with E-state index in [4.69, 9.17) is 0 Å². The number of carbonyl (C=O) groups is 1. The van der Waals surface area contributed by atoms with E-state index in [-0.39, 0.29) is 5.91 Å². The third-order valence-electron chi connectivity index (χ3n) is 3.01. The summed E-state index contributed by atoms with van der Waals surface area (Å²) in [5.74, 6) is 0.181. The summed E-state index contributed by atoms with van der Waals surface area (Å²) in [6, 6.07) is 8.16. The quantitative estimate of drug-likeness (QED) is 0.834. The molecule has 0 unspecified atom stereocenters. The first-order chi connectivity index (χ1) is 8.20. The zero-order valence-corrected chi connectivity index (χ0v) is 10.4. The van der Waals surface area contributed by atoms with Crippen LogP contribution in [0, 0.1) is 0 Å². The average Bonchev–Trinajstić information content (AvgIpc) is 2.29. The average molecular weight is 233 g/mol. The number of hydrogen-bond acceptors (Lipinski definition) is 3. The molecule has 1 amide bonds. The molecule has 4 heteroatoms. The van der Waals surface area contributed by atoms with Crippen LogP contribution in [0.25, 0.3) is 0 Å². The lowest BCUT2D eigenvalue weighted by molar-refractivity contribution is -0.120. The minimum Gasteiger partial charge on any atom is -0.316 e. The van der Waals surface area contributed by atoms with Crippen molar-refractivity contribution in [2.75, 3.05) is 38.6 Å². The zero-order chi connectivity index (χ0) is 12.3. The van der Waals surface area contributed by atoms with Gasteiger partial charge in [0.1, 0.15) is 0 Å². The van der Waals surface area contributed by atoms with E-state index in [1.54, 1.807) is 0 Å². The van der Waals surface area contributed by atoms with Crippen molar-refractivity contribution in [1.29, 1.82) is 0 Å². The molecule has 92 valence electrons. The van der Waals surface area contributed by atoms with Gasteiger partial charge in [0.05, 0.1) is 6.54 Å². The van der Waals surface area contributed by atoms with Crippen molar-refractivity contribution >= 4 is 11.6 Å². The molecule has 0 atom stereocenters. The molecule has 0 spiro atoms. The number of rotatable bonds is 3. The van der Waals surface area contributed by atoms with E-state index < -0.39 is 0 Å². The third-order valence-corrected chi connectivity index (χ3v) is 3.01. The molecule has 0 aliphatic carbocycles. The van der Waals surface area contributed by atoms with Gasteiger partial charge >= 0.3 is 0 Å². The lowest BCUT2D eigenvalue weighted by Crippen LogP contribution is -2.48. The summed E-state index contributed by atoms with van der Waals surface area (Å²) >= 11 is 0. The van der Waals surface area contributed by atoms with Gasteiger partial charge in [0.25, 0.3) is 0 Å². The molecule has 0 radical (unpaired) electrons. The highest BCUT2D eigenvalue weighted by Gasteiger charge is 2.22. The Morgan fingerprint density at radius 3 is 2.88 bits per heavy atom. The van der Waals surface area contributed by atoms with Crippen molar-refractivity contribution in [2.24, 2.45) is 0 Å². The number of piperazine rings is 1. The molecule has 1 N–H and O–H groups in total. The van der Waals surface area contributed by atoms with Gasteiger partial charge in [-0.2, -0.15) is 0 Å². The second kappa shape index (κ2) is 5.29.